The molecule has 5 nitrogen and oxygen atoms in total. The van der Waals surface area contributed by atoms with E-state index in [-0.39, 0.29) is 11.9 Å². The maximum atomic E-state index is 11.6. The zero-order valence-electron chi connectivity index (χ0n) is 10.0. The molecule has 1 unspecified atom stereocenters. The molecule has 0 spiro atoms. The lowest BCUT2D eigenvalue weighted by atomic mass is 10.2. The summed E-state index contributed by atoms with van der Waals surface area (Å²) in [6.07, 6.45) is 1.61. The summed E-state index contributed by atoms with van der Waals surface area (Å²) in [5.74, 6) is 0.837. The van der Waals surface area contributed by atoms with Crippen LogP contribution in [-0.4, -0.2) is 49.9 Å². The topological polar surface area (TPSA) is 62.7 Å². The fourth-order valence-electron chi connectivity index (χ4n) is 1.46. The standard InChI is InChI=1S/C11H19N3O2/c1-13(2)11(15)8-14(3)9(7-12)10-5-4-6-16-10/h4-6,9H,7-8,12H2,1-3H3. The Morgan fingerprint density at radius 2 is 2.19 bits per heavy atom. The number of rotatable bonds is 5. The highest BCUT2D eigenvalue weighted by molar-refractivity contribution is 5.77. The molecule has 0 radical (unpaired) electrons. The van der Waals surface area contributed by atoms with Crippen LogP contribution in [0.5, 0.6) is 0 Å². The second kappa shape index (κ2) is 5.67. The Hall–Kier alpha value is -1.33. The van der Waals surface area contributed by atoms with E-state index in [1.165, 1.54) is 0 Å². The van der Waals surface area contributed by atoms with Crippen LogP contribution in [0.2, 0.25) is 0 Å². The molecule has 0 aliphatic rings. The summed E-state index contributed by atoms with van der Waals surface area (Å²) in [6.45, 7) is 0.750. The van der Waals surface area contributed by atoms with Crippen molar-refractivity contribution >= 4 is 5.91 Å². The van der Waals surface area contributed by atoms with E-state index in [2.05, 4.69) is 0 Å². The number of carbonyl (C=O) groups is 1. The first kappa shape index (κ1) is 12.7. The summed E-state index contributed by atoms with van der Waals surface area (Å²) in [7, 11) is 5.34. The quantitative estimate of drug-likeness (QED) is 0.783. The number of likely N-dealkylation sites (N-methyl/N-ethyl adjacent to an activating group) is 2. The van der Waals surface area contributed by atoms with Crippen molar-refractivity contribution < 1.29 is 9.21 Å². The molecule has 0 aromatic carbocycles. The number of amides is 1. The van der Waals surface area contributed by atoms with Crippen molar-refractivity contribution in [1.29, 1.82) is 0 Å². The van der Waals surface area contributed by atoms with E-state index in [0.717, 1.165) is 5.76 Å². The van der Waals surface area contributed by atoms with Gasteiger partial charge in [-0.15, -0.1) is 0 Å². The molecule has 0 fully saturated rings. The van der Waals surface area contributed by atoms with Crippen molar-refractivity contribution in [2.24, 2.45) is 5.73 Å². The summed E-state index contributed by atoms with van der Waals surface area (Å²) in [4.78, 5) is 15.0. The van der Waals surface area contributed by atoms with Crippen LogP contribution in [0.15, 0.2) is 22.8 Å². The van der Waals surface area contributed by atoms with Gasteiger partial charge in [-0.3, -0.25) is 9.69 Å². The minimum atomic E-state index is -0.0566. The largest absolute Gasteiger partial charge is 0.468 e. The minimum Gasteiger partial charge on any atom is -0.468 e. The molecule has 1 aromatic rings. The zero-order chi connectivity index (χ0) is 12.1. The van der Waals surface area contributed by atoms with Crippen LogP contribution in [0.3, 0.4) is 0 Å². The minimum absolute atomic E-state index is 0.0486. The van der Waals surface area contributed by atoms with Crippen molar-refractivity contribution in [1.82, 2.24) is 9.80 Å². The van der Waals surface area contributed by atoms with Crippen LogP contribution in [0.1, 0.15) is 11.8 Å². The Labute approximate surface area is 95.8 Å². The van der Waals surface area contributed by atoms with Crippen LogP contribution >= 0.6 is 0 Å². The predicted octanol–water partition coefficient (Wildman–Crippen LogP) is 0.299. The number of nitrogens with zero attached hydrogens (tertiary/aromatic N) is 2. The molecule has 0 aliphatic heterocycles. The maximum Gasteiger partial charge on any atom is 0.236 e. The van der Waals surface area contributed by atoms with E-state index in [4.69, 9.17) is 10.2 Å². The van der Waals surface area contributed by atoms with Gasteiger partial charge >= 0.3 is 0 Å². The monoisotopic (exact) mass is 225 g/mol. The SMILES string of the molecule is CN(C)C(=O)CN(C)C(CN)c1ccco1. The van der Waals surface area contributed by atoms with Gasteiger partial charge in [0.15, 0.2) is 0 Å². The summed E-state index contributed by atoms with van der Waals surface area (Å²) < 4.78 is 5.30. The molecule has 1 atom stereocenters. The average molecular weight is 225 g/mol. The Kier molecular flexibility index (Phi) is 4.52. The first-order valence-electron chi connectivity index (χ1n) is 5.20. The highest BCUT2D eigenvalue weighted by atomic mass is 16.3. The van der Waals surface area contributed by atoms with E-state index in [0.29, 0.717) is 13.1 Å². The highest BCUT2D eigenvalue weighted by Crippen LogP contribution is 2.18. The Morgan fingerprint density at radius 3 is 2.62 bits per heavy atom. The maximum absolute atomic E-state index is 11.6. The fraction of sp³-hybridized carbons (Fsp3) is 0.545. The van der Waals surface area contributed by atoms with Gasteiger partial charge in [0.1, 0.15) is 5.76 Å². The van der Waals surface area contributed by atoms with Crippen molar-refractivity contribution in [2.45, 2.75) is 6.04 Å². The van der Waals surface area contributed by atoms with Crippen LogP contribution in [0.4, 0.5) is 0 Å². The third-order valence-electron chi connectivity index (χ3n) is 2.51. The second-order valence-electron chi connectivity index (χ2n) is 3.97. The van der Waals surface area contributed by atoms with Crippen LogP contribution < -0.4 is 5.73 Å². The molecular formula is C11H19N3O2. The van der Waals surface area contributed by atoms with Crippen molar-refractivity contribution in [3.8, 4) is 0 Å². The number of nitrogens with two attached hydrogens (primary N) is 1. The molecule has 5 heteroatoms. The fourth-order valence-corrected chi connectivity index (χ4v) is 1.46. The van der Waals surface area contributed by atoms with Gasteiger partial charge in [0.05, 0.1) is 18.8 Å². The van der Waals surface area contributed by atoms with E-state index in [9.17, 15) is 4.79 Å². The molecule has 0 saturated heterocycles. The van der Waals surface area contributed by atoms with Gasteiger partial charge in [0.25, 0.3) is 0 Å². The normalized spacial score (nSPS) is 12.8. The molecule has 1 rings (SSSR count). The van der Waals surface area contributed by atoms with Gasteiger partial charge in [-0.1, -0.05) is 0 Å². The van der Waals surface area contributed by atoms with E-state index >= 15 is 0 Å². The zero-order valence-corrected chi connectivity index (χ0v) is 10.0. The summed E-state index contributed by atoms with van der Waals surface area (Å²) in [5, 5.41) is 0. The lowest BCUT2D eigenvalue weighted by Gasteiger charge is -2.25. The van der Waals surface area contributed by atoms with Gasteiger partial charge < -0.3 is 15.1 Å². The molecular weight excluding hydrogens is 206 g/mol. The first-order chi connectivity index (χ1) is 7.56. The van der Waals surface area contributed by atoms with Gasteiger partial charge in [-0.05, 0) is 19.2 Å². The molecule has 1 aromatic heterocycles. The van der Waals surface area contributed by atoms with Gasteiger partial charge in [0, 0.05) is 20.6 Å². The molecule has 16 heavy (non-hydrogen) atoms. The Morgan fingerprint density at radius 1 is 1.50 bits per heavy atom. The third-order valence-corrected chi connectivity index (χ3v) is 2.51. The molecule has 0 bridgehead atoms. The molecule has 2 N–H and O–H groups in total. The smallest absolute Gasteiger partial charge is 0.236 e. The van der Waals surface area contributed by atoms with Crippen molar-refractivity contribution in [3.63, 3.8) is 0 Å². The van der Waals surface area contributed by atoms with E-state index in [1.807, 2.05) is 24.1 Å². The number of furan rings is 1. The van der Waals surface area contributed by atoms with Crippen molar-refractivity contribution in [2.75, 3.05) is 34.2 Å². The Bertz CT molecular complexity index is 322. The number of hydrogen-bond acceptors (Lipinski definition) is 4. The van der Waals surface area contributed by atoms with Gasteiger partial charge in [-0.25, -0.2) is 0 Å². The summed E-state index contributed by atoms with van der Waals surface area (Å²) in [6, 6.07) is 3.63. The lowest BCUT2D eigenvalue weighted by Crippen LogP contribution is -2.38. The van der Waals surface area contributed by atoms with Crippen LogP contribution in [0, 0.1) is 0 Å². The lowest BCUT2D eigenvalue weighted by molar-refractivity contribution is -0.130. The molecule has 0 aliphatic carbocycles. The van der Waals surface area contributed by atoms with Gasteiger partial charge in [-0.2, -0.15) is 0 Å². The van der Waals surface area contributed by atoms with Crippen molar-refractivity contribution in [3.05, 3.63) is 24.2 Å². The Balaban J connectivity index is 2.64. The molecule has 1 heterocycles. The van der Waals surface area contributed by atoms with Crippen LogP contribution in [0.25, 0.3) is 0 Å². The average Bonchev–Trinajstić information content (AvgIpc) is 2.72. The second-order valence-corrected chi connectivity index (χ2v) is 3.97. The van der Waals surface area contributed by atoms with Crippen LogP contribution in [-0.2, 0) is 4.79 Å². The number of carbonyl (C=O) groups excluding carboxylic acids is 1. The van der Waals surface area contributed by atoms with E-state index < -0.39 is 0 Å². The number of hydrogen-bond donors (Lipinski definition) is 1. The summed E-state index contributed by atoms with van der Waals surface area (Å²) in [5.41, 5.74) is 5.69. The summed E-state index contributed by atoms with van der Waals surface area (Å²) >= 11 is 0. The third kappa shape index (κ3) is 3.08. The molecule has 0 saturated carbocycles. The molecule has 90 valence electrons. The van der Waals surface area contributed by atoms with E-state index in [1.54, 1.807) is 25.3 Å². The first-order valence-corrected chi connectivity index (χ1v) is 5.20. The predicted molar refractivity (Wildman–Crippen MR) is 61.8 cm³/mol. The highest BCUT2D eigenvalue weighted by Gasteiger charge is 2.20. The van der Waals surface area contributed by atoms with Gasteiger partial charge in [0.2, 0.25) is 5.91 Å². The molecule has 1 amide bonds.